The lowest BCUT2D eigenvalue weighted by molar-refractivity contribution is -0.138. The van der Waals surface area contributed by atoms with E-state index in [0.29, 0.717) is 17.4 Å². The molecule has 132 valence electrons. The number of ether oxygens (including phenoxy) is 1. The number of carboxylic acids is 1. The summed E-state index contributed by atoms with van der Waals surface area (Å²) < 4.78 is 6.00. The molecule has 2 saturated heterocycles. The van der Waals surface area contributed by atoms with Crippen molar-refractivity contribution in [3.63, 3.8) is 0 Å². The van der Waals surface area contributed by atoms with Crippen molar-refractivity contribution in [2.75, 3.05) is 32.0 Å². The first-order valence-electron chi connectivity index (χ1n) is 8.38. The van der Waals surface area contributed by atoms with Gasteiger partial charge in [0.25, 0.3) is 0 Å². The van der Waals surface area contributed by atoms with Crippen molar-refractivity contribution in [3.8, 4) is 5.75 Å². The smallest absolute Gasteiger partial charge is 0.321 e. The van der Waals surface area contributed by atoms with Crippen LogP contribution in [0.1, 0.15) is 30.2 Å². The zero-order chi connectivity index (χ0) is 16.9. The molecule has 1 aromatic rings. The largest absolute Gasteiger partial charge is 0.492 e. The summed E-state index contributed by atoms with van der Waals surface area (Å²) in [7, 11) is 0. The third kappa shape index (κ3) is 4.57. The number of benzene rings is 1. The zero-order valence-electron chi connectivity index (χ0n) is 13.5. The molecule has 0 bridgehead atoms. The molecule has 0 saturated carbocycles. The van der Waals surface area contributed by atoms with E-state index in [1.165, 1.54) is 19.3 Å². The Bertz CT molecular complexity index is 581. The molecule has 0 aromatic heterocycles. The highest BCUT2D eigenvalue weighted by Gasteiger charge is 2.32. The Labute approximate surface area is 151 Å². The van der Waals surface area contributed by atoms with Gasteiger partial charge in [-0.15, -0.1) is 11.8 Å². The second-order valence-electron chi connectivity index (χ2n) is 6.20. The molecule has 2 fully saturated rings. The Morgan fingerprint density at radius 2 is 2.17 bits per heavy atom. The number of nitrogens with zero attached hydrogens (tertiary/aromatic N) is 1. The van der Waals surface area contributed by atoms with Crippen LogP contribution in [0.4, 0.5) is 0 Å². The van der Waals surface area contributed by atoms with E-state index in [2.05, 4.69) is 10.2 Å². The van der Waals surface area contributed by atoms with E-state index >= 15 is 0 Å². The third-order valence-electron chi connectivity index (χ3n) is 4.45. The molecule has 0 aliphatic carbocycles. The first-order chi connectivity index (χ1) is 11.6. The molecule has 5 nitrogen and oxygen atoms in total. The minimum absolute atomic E-state index is 0.102. The monoisotopic (exact) mass is 370 g/mol. The van der Waals surface area contributed by atoms with Gasteiger partial charge in [0.1, 0.15) is 18.4 Å². The summed E-state index contributed by atoms with van der Waals surface area (Å²) in [5.41, 5.74) is 0.926. The van der Waals surface area contributed by atoms with Gasteiger partial charge < -0.3 is 9.84 Å². The molecule has 1 aromatic carbocycles. The number of carbonyl (C=O) groups is 1. The predicted molar refractivity (Wildman–Crippen MR) is 97.0 cm³/mol. The van der Waals surface area contributed by atoms with Gasteiger partial charge in [0.05, 0.1) is 5.37 Å². The molecule has 3 rings (SSSR count). The first kappa shape index (κ1) is 17.9. The van der Waals surface area contributed by atoms with Crippen LogP contribution in [0, 0.1) is 0 Å². The van der Waals surface area contributed by atoms with Crippen LogP contribution in [-0.4, -0.2) is 54.0 Å². The Morgan fingerprint density at radius 1 is 1.38 bits per heavy atom. The molecule has 0 amide bonds. The quantitative estimate of drug-likeness (QED) is 0.802. The van der Waals surface area contributed by atoms with Crippen molar-refractivity contribution in [2.24, 2.45) is 0 Å². The maximum Gasteiger partial charge on any atom is 0.321 e. The lowest BCUT2D eigenvalue weighted by Crippen LogP contribution is -2.34. The van der Waals surface area contributed by atoms with Gasteiger partial charge in [-0.05, 0) is 44.1 Å². The minimum Gasteiger partial charge on any atom is -0.492 e. The average Bonchev–Trinajstić information content (AvgIpc) is 3.07. The van der Waals surface area contributed by atoms with E-state index in [0.717, 1.165) is 30.9 Å². The number of hydrogen-bond acceptors (Lipinski definition) is 5. The van der Waals surface area contributed by atoms with Gasteiger partial charge in [-0.1, -0.05) is 18.0 Å². The van der Waals surface area contributed by atoms with Crippen molar-refractivity contribution < 1.29 is 14.6 Å². The summed E-state index contributed by atoms with van der Waals surface area (Å²) >= 11 is 7.71. The van der Waals surface area contributed by atoms with E-state index in [4.69, 9.17) is 21.4 Å². The van der Waals surface area contributed by atoms with Crippen LogP contribution in [-0.2, 0) is 4.79 Å². The number of nitrogens with one attached hydrogen (secondary N) is 1. The van der Waals surface area contributed by atoms with Crippen LogP contribution < -0.4 is 10.1 Å². The number of piperidine rings is 1. The summed E-state index contributed by atoms with van der Waals surface area (Å²) in [6, 6.07) is 5.03. The van der Waals surface area contributed by atoms with Crippen LogP contribution in [0.25, 0.3) is 0 Å². The lowest BCUT2D eigenvalue weighted by Gasteiger charge is -2.26. The standard InChI is InChI=1S/C17H23ClN2O3S/c18-12-4-5-15(23-9-8-20-6-2-1-3-7-20)13(10-12)16-19-14(11-24-16)17(21)22/h4-5,10,14,16,19H,1-3,6-9,11H2,(H,21,22). The fourth-order valence-corrected chi connectivity index (χ4v) is 4.55. The zero-order valence-corrected chi connectivity index (χ0v) is 15.1. The van der Waals surface area contributed by atoms with Gasteiger partial charge in [-0.3, -0.25) is 15.0 Å². The molecule has 24 heavy (non-hydrogen) atoms. The summed E-state index contributed by atoms with van der Waals surface area (Å²) in [4.78, 5) is 13.6. The molecule has 2 atom stereocenters. The Hall–Kier alpha value is -0.950. The van der Waals surface area contributed by atoms with Gasteiger partial charge in [-0.25, -0.2) is 0 Å². The van der Waals surface area contributed by atoms with E-state index in [9.17, 15) is 4.79 Å². The maximum atomic E-state index is 11.1. The van der Waals surface area contributed by atoms with E-state index in [-0.39, 0.29) is 5.37 Å². The number of carboxylic acid groups (broad SMARTS) is 1. The van der Waals surface area contributed by atoms with Crippen molar-refractivity contribution >= 4 is 29.3 Å². The van der Waals surface area contributed by atoms with Crippen molar-refractivity contribution in [1.82, 2.24) is 10.2 Å². The fraction of sp³-hybridized carbons (Fsp3) is 0.588. The molecule has 2 aliphatic rings. The topological polar surface area (TPSA) is 61.8 Å². The average molecular weight is 371 g/mol. The molecule has 2 unspecified atom stereocenters. The summed E-state index contributed by atoms with van der Waals surface area (Å²) in [5, 5.41) is 12.8. The van der Waals surface area contributed by atoms with E-state index in [1.807, 2.05) is 18.2 Å². The lowest BCUT2D eigenvalue weighted by atomic mass is 10.1. The molecular formula is C17H23ClN2O3S. The normalized spacial score (nSPS) is 24.9. The third-order valence-corrected chi connectivity index (χ3v) is 5.93. The van der Waals surface area contributed by atoms with Crippen molar-refractivity contribution in [3.05, 3.63) is 28.8 Å². The minimum atomic E-state index is -0.820. The number of halogens is 1. The highest BCUT2D eigenvalue weighted by Crippen LogP contribution is 2.39. The SMILES string of the molecule is O=C(O)C1CSC(c2cc(Cl)ccc2OCCN2CCCCC2)N1. The number of aliphatic carboxylic acids is 1. The molecule has 2 N–H and O–H groups in total. The molecule has 2 aliphatic heterocycles. The summed E-state index contributed by atoms with van der Waals surface area (Å²) in [6.07, 6.45) is 3.87. The van der Waals surface area contributed by atoms with E-state index < -0.39 is 12.0 Å². The first-order valence-corrected chi connectivity index (χ1v) is 9.81. The number of likely N-dealkylation sites (tertiary alicyclic amines) is 1. The Balaban J connectivity index is 1.61. The van der Waals surface area contributed by atoms with Crippen LogP contribution in [0.5, 0.6) is 5.75 Å². The van der Waals surface area contributed by atoms with Gasteiger partial charge in [0, 0.05) is 22.9 Å². The maximum absolute atomic E-state index is 11.1. The highest BCUT2D eigenvalue weighted by molar-refractivity contribution is 7.99. The fourth-order valence-electron chi connectivity index (χ4n) is 3.12. The highest BCUT2D eigenvalue weighted by atomic mass is 35.5. The van der Waals surface area contributed by atoms with E-state index in [1.54, 1.807) is 11.8 Å². The number of hydrogen-bond donors (Lipinski definition) is 2. The molecule has 0 radical (unpaired) electrons. The molecule has 2 heterocycles. The summed E-state index contributed by atoms with van der Waals surface area (Å²) in [6.45, 7) is 3.85. The molecular weight excluding hydrogens is 348 g/mol. The molecule has 7 heteroatoms. The van der Waals surface area contributed by atoms with Crippen LogP contribution in [0.3, 0.4) is 0 Å². The van der Waals surface area contributed by atoms with Crippen LogP contribution >= 0.6 is 23.4 Å². The Kier molecular flexibility index (Phi) is 6.27. The molecule has 0 spiro atoms. The van der Waals surface area contributed by atoms with Gasteiger partial charge in [0.15, 0.2) is 0 Å². The second-order valence-corrected chi connectivity index (χ2v) is 7.78. The van der Waals surface area contributed by atoms with Gasteiger partial charge in [0.2, 0.25) is 0 Å². The van der Waals surface area contributed by atoms with Crippen molar-refractivity contribution in [1.29, 1.82) is 0 Å². The Morgan fingerprint density at radius 3 is 2.88 bits per heavy atom. The van der Waals surface area contributed by atoms with Gasteiger partial charge >= 0.3 is 5.97 Å². The number of rotatable bonds is 6. The predicted octanol–water partition coefficient (Wildman–Crippen LogP) is 2.99. The summed E-state index contributed by atoms with van der Waals surface area (Å²) in [5.74, 6) is 0.506. The van der Waals surface area contributed by atoms with Gasteiger partial charge in [-0.2, -0.15) is 0 Å². The second kappa shape index (κ2) is 8.43. The van der Waals surface area contributed by atoms with Crippen LogP contribution in [0.2, 0.25) is 5.02 Å². The van der Waals surface area contributed by atoms with Crippen molar-refractivity contribution in [2.45, 2.75) is 30.7 Å². The van der Waals surface area contributed by atoms with Crippen LogP contribution in [0.15, 0.2) is 18.2 Å². The number of thioether (sulfide) groups is 1.